The molecule has 2 rings (SSSR count). The predicted octanol–water partition coefficient (Wildman–Crippen LogP) is 1.65. The first-order valence-corrected chi connectivity index (χ1v) is 5.99. The van der Waals surface area contributed by atoms with E-state index in [0.717, 1.165) is 18.7 Å². The van der Waals surface area contributed by atoms with Crippen molar-refractivity contribution in [3.8, 4) is 0 Å². The van der Waals surface area contributed by atoms with Gasteiger partial charge in [0, 0.05) is 18.4 Å². The molecule has 1 fully saturated rings. The SMILES string of the molecule is NC1CCCCCC1OCc1ncccn1. The van der Waals surface area contributed by atoms with Crippen LogP contribution in [0.3, 0.4) is 0 Å². The van der Waals surface area contributed by atoms with E-state index in [0.29, 0.717) is 6.61 Å². The molecule has 4 heteroatoms. The van der Waals surface area contributed by atoms with E-state index < -0.39 is 0 Å². The number of hydrogen-bond donors (Lipinski definition) is 1. The Kier molecular flexibility index (Phi) is 4.25. The molecule has 0 radical (unpaired) electrons. The van der Waals surface area contributed by atoms with E-state index in [1.807, 2.05) is 0 Å². The van der Waals surface area contributed by atoms with E-state index in [-0.39, 0.29) is 12.1 Å². The summed E-state index contributed by atoms with van der Waals surface area (Å²) in [7, 11) is 0. The van der Waals surface area contributed by atoms with Crippen LogP contribution in [-0.2, 0) is 11.3 Å². The lowest BCUT2D eigenvalue weighted by molar-refractivity contribution is 0.0160. The minimum Gasteiger partial charge on any atom is -0.369 e. The first-order valence-electron chi connectivity index (χ1n) is 5.99. The number of hydrogen-bond acceptors (Lipinski definition) is 4. The van der Waals surface area contributed by atoms with Crippen LogP contribution in [0, 0.1) is 0 Å². The fraction of sp³-hybridized carbons (Fsp3) is 0.667. The van der Waals surface area contributed by atoms with Gasteiger partial charge in [0.15, 0.2) is 5.82 Å². The van der Waals surface area contributed by atoms with Gasteiger partial charge in [-0.25, -0.2) is 9.97 Å². The lowest BCUT2D eigenvalue weighted by atomic mass is 10.1. The highest BCUT2D eigenvalue weighted by atomic mass is 16.5. The van der Waals surface area contributed by atoms with E-state index in [9.17, 15) is 0 Å². The van der Waals surface area contributed by atoms with Gasteiger partial charge in [0.2, 0.25) is 0 Å². The molecule has 0 aromatic carbocycles. The first-order chi connectivity index (χ1) is 7.86. The van der Waals surface area contributed by atoms with Crippen molar-refractivity contribution in [2.75, 3.05) is 0 Å². The quantitative estimate of drug-likeness (QED) is 0.788. The second kappa shape index (κ2) is 5.92. The molecule has 0 spiro atoms. The molecule has 0 amide bonds. The summed E-state index contributed by atoms with van der Waals surface area (Å²) in [6.45, 7) is 0.471. The maximum Gasteiger partial charge on any atom is 0.153 e. The topological polar surface area (TPSA) is 61.0 Å². The molecule has 16 heavy (non-hydrogen) atoms. The Morgan fingerprint density at radius 1 is 1.19 bits per heavy atom. The van der Waals surface area contributed by atoms with Gasteiger partial charge < -0.3 is 10.5 Å². The largest absolute Gasteiger partial charge is 0.369 e. The standard InChI is InChI=1S/C12H19N3O/c13-10-5-2-1-3-6-11(10)16-9-12-14-7-4-8-15-12/h4,7-8,10-11H,1-3,5-6,9,13H2. The van der Waals surface area contributed by atoms with Crippen LogP contribution >= 0.6 is 0 Å². The van der Waals surface area contributed by atoms with Crippen LogP contribution in [0.2, 0.25) is 0 Å². The van der Waals surface area contributed by atoms with E-state index >= 15 is 0 Å². The number of nitrogens with two attached hydrogens (primary N) is 1. The predicted molar refractivity (Wildman–Crippen MR) is 61.7 cm³/mol. The summed E-state index contributed by atoms with van der Waals surface area (Å²) in [5.41, 5.74) is 6.08. The molecule has 4 nitrogen and oxygen atoms in total. The third-order valence-electron chi connectivity index (χ3n) is 3.05. The molecule has 1 aromatic rings. The summed E-state index contributed by atoms with van der Waals surface area (Å²) in [6, 6.07) is 1.98. The van der Waals surface area contributed by atoms with Crippen LogP contribution in [0.25, 0.3) is 0 Å². The first kappa shape index (κ1) is 11.5. The molecule has 0 bridgehead atoms. The summed E-state index contributed by atoms with van der Waals surface area (Å²) in [5.74, 6) is 0.735. The summed E-state index contributed by atoms with van der Waals surface area (Å²) in [4.78, 5) is 8.27. The van der Waals surface area contributed by atoms with Gasteiger partial charge in [0.25, 0.3) is 0 Å². The fourth-order valence-corrected chi connectivity index (χ4v) is 2.10. The van der Waals surface area contributed by atoms with Gasteiger partial charge in [-0.05, 0) is 18.9 Å². The Labute approximate surface area is 96.2 Å². The summed E-state index contributed by atoms with van der Waals surface area (Å²) in [6.07, 6.45) is 9.49. The van der Waals surface area contributed by atoms with Crippen LogP contribution in [0.1, 0.15) is 37.9 Å². The molecule has 0 saturated heterocycles. The normalized spacial score (nSPS) is 26.3. The van der Waals surface area contributed by atoms with Gasteiger partial charge in [-0.3, -0.25) is 0 Å². The van der Waals surface area contributed by atoms with Crippen LogP contribution in [0.5, 0.6) is 0 Å². The van der Waals surface area contributed by atoms with Crippen LogP contribution < -0.4 is 5.73 Å². The molecular weight excluding hydrogens is 202 g/mol. The molecule has 2 N–H and O–H groups in total. The Balaban J connectivity index is 1.84. The molecule has 1 aromatic heterocycles. The van der Waals surface area contributed by atoms with Gasteiger partial charge in [-0.2, -0.15) is 0 Å². The molecule has 2 atom stereocenters. The lowest BCUT2D eigenvalue weighted by Gasteiger charge is -2.21. The zero-order valence-electron chi connectivity index (χ0n) is 9.51. The number of ether oxygens (including phenoxy) is 1. The van der Waals surface area contributed by atoms with Crippen molar-refractivity contribution in [1.29, 1.82) is 0 Å². The van der Waals surface area contributed by atoms with E-state index in [1.54, 1.807) is 18.5 Å². The van der Waals surface area contributed by atoms with Crippen LogP contribution in [-0.4, -0.2) is 22.1 Å². The molecule has 2 unspecified atom stereocenters. The van der Waals surface area contributed by atoms with E-state index in [4.69, 9.17) is 10.5 Å². The van der Waals surface area contributed by atoms with Gasteiger partial charge in [0.05, 0.1) is 6.10 Å². The van der Waals surface area contributed by atoms with Crippen molar-refractivity contribution in [2.24, 2.45) is 5.73 Å². The van der Waals surface area contributed by atoms with Gasteiger partial charge in [-0.1, -0.05) is 19.3 Å². The number of nitrogens with zero attached hydrogens (tertiary/aromatic N) is 2. The average molecular weight is 221 g/mol. The molecule has 1 aliphatic rings. The summed E-state index contributed by atoms with van der Waals surface area (Å²) < 4.78 is 5.81. The summed E-state index contributed by atoms with van der Waals surface area (Å²) in [5, 5.41) is 0. The van der Waals surface area contributed by atoms with Crippen molar-refractivity contribution < 1.29 is 4.74 Å². The van der Waals surface area contributed by atoms with Crippen LogP contribution in [0.4, 0.5) is 0 Å². The van der Waals surface area contributed by atoms with Gasteiger partial charge in [0.1, 0.15) is 6.61 Å². The molecule has 1 heterocycles. The number of aromatic nitrogens is 2. The summed E-state index contributed by atoms with van der Waals surface area (Å²) >= 11 is 0. The Hall–Kier alpha value is -1.00. The molecule has 88 valence electrons. The smallest absolute Gasteiger partial charge is 0.153 e. The Morgan fingerprint density at radius 3 is 2.75 bits per heavy atom. The zero-order chi connectivity index (χ0) is 11.2. The van der Waals surface area contributed by atoms with E-state index in [2.05, 4.69) is 9.97 Å². The monoisotopic (exact) mass is 221 g/mol. The molecule has 1 saturated carbocycles. The second-order valence-electron chi connectivity index (χ2n) is 4.32. The average Bonchev–Trinajstić information content (AvgIpc) is 2.53. The van der Waals surface area contributed by atoms with Crippen LogP contribution in [0.15, 0.2) is 18.5 Å². The molecule has 0 aliphatic heterocycles. The maximum atomic E-state index is 6.08. The molecule has 1 aliphatic carbocycles. The Morgan fingerprint density at radius 2 is 1.94 bits per heavy atom. The van der Waals surface area contributed by atoms with Crippen molar-refractivity contribution in [3.63, 3.8) is 0 Å². The zero-order valence-corrected chi connectivity index (χ0v) is 9.51. The minimum absolute atomic E-state index is 0.172. The van der Waals surface area contributed by atoms with Crippen molar-refractivity contribution in [3.05, 3.63) is 24.3 Å². The third kappa shape index (κ3) is 3.25. The molecular formula is C12H19N3O. The van der Waals surface area contributed by atoms with Crippen molar-refractivity contribution >= 4 is 0 Å². The Bertz CT molecular complexity index is 304. The van der Waals surface area contributed by atoms with E-state index in [1.165, 1.54) is 19.3 Å². The highest BCUT2D eigenvalue weighted by Gasteiger charge is 2.20. The highest BCUT2D eigenvalue weighted by molar-refractivity contribution is 4.87. The van der Waals surface area contributed by atoms with Gasteiger partial charge in [-0.15, -0.1) is 0 Å². The van der Waals surface area contributed by atoms with Gasteiger partial charge >= 0.3 is 0 Å². The number of rotatable bonds is 3. The fourth-order valence-electron chi connectivity index (χ4n) is 2.10. The third-order valence-corrected chi connectivity index (χ3v) is 3.05. The lowest BCUT2D eigenvalue weighted by Crippen LogP contribution is -2.35. The second-order valence-corrected chi connectivity index (χ2v) is 4.32. The highest BCUT2D eigenvalue weighted by Crippen LogP contribution is 2.19. The minimum atomic E-state index is 0.172. The maximum absolute atomic E-state index is 6.08. The van der Waals surface area contributed by atoms with Crippen molar-refractivity contribution in [2.45, 2.75) is 50.9 Å². The van der Waals surface area contributed by atoms with Crippen molar-refractivity contribution in [1.82, 2.24) is 9.97 Å².